The summed E-state index contributed by atoms with van der Waals surface area (Å²) in [5, 5.41) is 9.69. The third kappa shape index (κ3) is 4.61. The van der Waals surface area contributed by atoms with Gasteiger partial charge in [0, 0.05) is 0 Å². The molecule has 2 aromatic carbocycles. The van der Waals surface area contributed by atoms with Crippen LogP contribution in [-0.4, -0.2) is 36.3 Å². The van der Waals surface area contributed by atoms with E-state index in [2.05, 4.69) is 20.8 Å². The minimum absolute atomic E-state index is 0.215. The van der Waals surface area contributed by atoms with E-state index >= 15 is 0 Å². The smallest absolute Gasteiger partial charge is 0.343 e. The van der Waals surface area contributed by atoms with Gasteiger partial charge in [-0.3, -0.25) is 0 Å². The number of ether oxygens (including phenoxy) is 3. The quantitative estimate of drug-likeness (QED) is 0.467. The summed E-state index contributed by atoms with van der Waals surface area (Å²) in [6, 6.07) is 11.5. The van der Waals surface area contributed by atoms with Crippen LogP contribution in [0.1, 0.15) is 29.4 Å². The van der Waals surface area contributed by atoms with Gasteiger partial charge >= 0.3 is 5.97 Å². The van der Waals surface area contributed by atoms with Gasteiger partial charge in [0.05, 0.1) is 30.3 Å². The monoisotopic (exact) mass is 405 g/mol. The van der Waals surface area contributed by atoms with Crippen molar-refractivity contribution in [3.05, 3.63) is 52.8 Å². The molecule has 3 aromatic rings. The van der Waals surface area contributed by atoms with Crippen molar-refractivity contribution in [1.29, 1.82) is 5.26 Å². The van der Waals surface area contributed by atoms with Crippen molar-refractivity contribution < 1.29 is 19.0 Å². The van der Waals surface area contributed by atoms with Crippen LogP contribution in [0.25, 0.3) is 22.7 Å². The van der Waals surface area contributed by atoms with E-state index in [1.54, 1.807) is 24.3 Å². The largest absolute Gasteiger partial charge is 0.490 e. The van der Waals surface area contributed by atoms with Crippen LogP contribution in [0.3, 0.4) is 0 Å². The van der Waals surface area contributed by atoms with Gasteiger partial charge in [-0.25, -0.2) is 9.78 Å². The molecule has 7 nitrogen and oxygen atoms in total. The fourth-order valence-corrected chi connectivity index (χ4v) is 2.91. The molecule has 0 fully saturated rings. The van der Waals surface area contributed by atoms with Gasteiger partial charge in [-0.15, -0.1) is 0 Å². The molecular formula is C23H23N3O4. The van der Waals surface area contributed by atoms with Gasteiger partial charge in [0.2, 0.25) is 0 Å². The molecule has 7 heteroatoms. The fraction of sp³-hybridized carbons (Fsp3) is 0.261. The minimum Gasteiger partial charge on any atom is -0.490 e. The van der Waals surface area contributed by atoms with Crippen molar-refractivity contribution in [1.82, 2.24) is 9.97 Å². The molecule has 1 heterocycles. The summed E-state index contributed by atoms with van der Waals surface area (Å²) in [6.45, 7) is 6.13. The zero-order valence-electron chi connectivity index (χ0n) is 17.4. The van der Waals surface area contributed by atoms with Crippen LogP contribution in [0, 0.1) is 25.2 Å². The van der Waals surface area contributed by atoms with Crippen molar-refractivity contribution in [2.24, 2.45) is 0 Å². The molecule has 0 saturated heterocycles. The highest BCUT2D eigenvalue weighted by atomic mass is 16.6. The first-order valence-electron chi connectivity index (χ1n) is 9.50. The Labute approximate surface area is 174 Å². The number of hydrogen-bond donors (Lipinski definition) is 1. The highest BCUT2D eigenvalue weighted by molar-refractivity contribution is 5.90. The molecule has 1 aromatic heterocycles. The summed E-state index contributed by atoms with van der Waals surface area (Å²) in [7, 11) is 1.30. The Bertz CT molecular complexity index is 1120. The van der Waals surface area contributed by atoms with E-state index in [1.807, 2.05) is 32.9 Å². The Morgan fingerprint density at radius 3 is 2.63 bits per heavy atom. The zero-order valence-corrected chi connectivity index (χ0v) is 17.4. The molecule has 0 bridgehead atoms. The predicted octanol–water partition coefficient (Wildman–Crippen LogP) is 4.19. The number of nitrogens with zero attached hydrogens (tertiary/aromatic N) is 2. The number of carbonyl (C=O) groups is 1. The topological polar surface area (TPSA) is 97.2 Å². The number of aryl methyl sites for hydroxylation is 2. The first-order valence-corrected chi connectivity index (χ1v) is 9.50. The summed E-state index contributed by atoms with van der Waals surface area (Å²) in [6.07, 6.45) is 1.73. The SMILES string of the molecule is CCOc1cc(/C=C(\C#N)c2nc3cc(C)c(C)cc3[nH]2)ccc1OCC(=O)OC. The summed E-state index contributed by atoms with van der Waals surface area (Å²) in [5.74, 6) is 0.918. The van der Waals surface area contributed by atoms with E-state index in [-0.39, 0.29) is 6.61 Å². The lowest BCUT2D eigenvalue weighted by atomic mass is 10.1. The van der Waals surface area contributed by atoms with E-state index in [9.17, 15) is 10.1 Å². The number of benzene rings is 2. The number of carbonyl (C=O) groups excluding carboxylic acids is 1. The maximum atomic E-state index is 11.3. The lowest BCUT2D eigenvalue weighted by Gasteiger charge is -2.12. The van der Waals surface area contributed by atoms with E-state index < -0.39 is 5.97 Å². The Kier molecular flexibility index (Phi) is 6.38. The van der Waals surface area contributed by atoms with Crippen LogP contribution < -0.4 is 9.47 Å². The molecule has 0 saturated carbocycles. The highest BCUT2D eigenvalue weighted by Gasteiger charge is 2.12. The van der Waals surface area contributed by atoms with E-state index in [4.69, 9.17) is 9.47 Å². The molecule has 0 spiro atoms. The van der Waals surface area contributed by atoms with E-state index in [0.717, 1.165) is 27.7 Å². The van der Waals surface area contributed by atoms with Crippen molar-refractivity contribution in [3.63, 3.8) is 0 Å². The number of esters is 1. The molecule has 3 rings (SSSR count). The van der Waals surface area contributed by atoms with Crippen LogP contribution >= 0.6 is 0 Å². The van der Waals surface area contributed by atoms with Gasteiger partial charge in [0.15, 0.2) is 18.1 Å². The van der Waals surface area contributed by atoms with Gasteiger partial charge in [0.1, 0.15) is 11.9 Å². The second-order valence-corrected chi connectivity index (χ2v) is 6.71. The third-order valence-corrected chi connectivity index (χ3v) is 4.62. The molecule has 0 aliphatic heterocycles. The molecule has 0 atom stereocenters. The summed E-state index contributed by atoms with van der Waals surface area (Å²) < 4.78 is 15.7. The Morgan fingerprint density at radius 2 is 1.93 bits per heavy atom. The standard InChI is InChI=1S/C23H23N3O4/c1-5-29-21-11-16(6-7-20(21)30-13-22(27)28-4)10-17(12-24)23-25-18-8-14(2)15(3)9-19(18)26-23/h6-11H,5,13H2,1-4H3,(H,25,26)/b17-10+. The van der Waals surface area contributed by atoms with Crippen molar-refractivity contribution in [3.8, 4) is 17.6 Å². The van der Waals surface area contributed by atoms with Gasteiger partial charge in [-0.2, -0.15) is 5.26 Å². The van der Waals surface area contributed by atoms with Crippen LogP contribution in [-0.2, 0) is 9.53 Å². The second kappa shape index (κ2) is 9.14. The molecular weight excluding hydrogens is 382 g/mol. The number of hydrogen-bond acceptors (Lipinski definition) is 6. The van der Waals surface area contributed by atoms with Crippen LogP contribution in [0.15, 0.2) is 30.3 Å². The maximum absolute atomic E-state index is 11.3. The van der Waals surface area contributed by atoms with Crippen molar-refractivity contribution >= 4 is 28.7 Å². The van der Waals surface area contributed by atoms with Crippen LogP contribution in [0.5, 0.6) is 11.5 Å². The summed E-state index contributed by atoms with van der Waals surface area (Å²) in [5.41, 5.74) is 5.14. The lowest BCUT2D eigenvalue weighted by Crippen LogP contribution is -2.13. The fourth-order valence-electron chi connectivity index (χ4n) is 2.91. The number of nitriles is 1. The molecule has 0 unspecified atom stereocenters. The van der Waals surface area contributed by atoms with Gasteiger partial charge in [-0.1, -0.05) is 6.07 Å². The number of methoxy groups -OCH3 is 1. The number of allylic oxidation sites excluding steroid dienone is 1. The van der Waals surface area contributed by atoms with Crippen LogP contribution in [0.4, 0.5) is 0 Å². The van der Waals surface area contributed by atoms with Crippen molar-refractivity contribution in [2.75, 3.05) is 20.3 Å². The van der Waals surface area contributed by atoms with E-state index in [1.165, 1.54) is 7.11 Å². The zero-order chi connectivity index (χ0) is 21.7. The number of fused-ring (bicyclic) bond motifs is 1. The van der Waals surface area contributed by atoms with Crippen LogP contribution in [0.2, 0.25) is 0 Å². The van der Waals surface area contributed by atoms with Gasteiger partial charge in [-0.05, 0) is 67.8 Å². The Balaban J connectivity index is 1.94. The maximum Gasteiger partial charge on any atom is 0.343 e. The third-order valence-electron chi connectivity index (χ3n) is 4.62. The molecule has 0 aliphatic carbocycles. The average molecular weight is 405 g/mol. The average Bonchev–Trinajstić information content (AvgIpc) is 3.14. The normalized spacial score (nSPS) is 11.2. The predicted molar refractivity (Wildman–Crippen MR) is 114 cm³/mol. The molecule has 1 N–H and O–H groups in total. The second-order valence-electron chi connectivity index (χ2n) is 6.71. The highest BCUT2D eigenvalue weighted by Crippen LogP contribution is 2.30. The van der Waals surface area contributed by atoms with E-state index in [0.29, 0.717) is 29.5 Å². The Hall–Kier alpha value is -3.79. The number of imidazole rings is 1. The lowest BCUT2D eigenvalue weighted by molar-refractivity contribution is -0.142. The molecule has 30 heavy (non-hydrogen) atoms. The summed E-state index contributed by atoms with van der Waals surface area (Å²) >= 11 is 0. The first-order chi connectivity index (χ1) is 14.4. The van der Waals surface area contributed by atoms with Gasteiger partial charge < -0.3 is 19.2 Å². The molecule has 0 amide bonds. The van der Waals surface area contributed by atoms with Crippen molar-refractivity contribution in [2.45, 2.75) is 20.8 Å². The number of nitrogens with one attached hydrogen (secondary N) is 1. The summed E-state index contributed by atoms with van der Waals surface area (Å²) in [4.78, 5) is 19.1. The first kappa shape index (κ1) is 20.9. The van der Waals surface area contributed by atoms with Gasteiger partial charge in [0.25, 0.3) is 0 Å². The number of aromatic amines is 1. The number of rotatable bonds is 7. The Morgan fingerprint density at radius 1 is 1.17 bits per heavy atom. The number of aromatic nitrogens is 2. The molecule has 0 aliphatic rings. The number of H-pyrrole nitrogens is 1. The molecule has 154 valence electrons. The minimum atomic E-state index is -0.483. The molecule has 0 radical (unpaired) electrons.